The summed E-state index contributed by atoms with van der Waals surface area (Å²) in [4.78, 5) is 5.77. The van der Waals surface area contributed by atoms with Gasteiger partial charge in [0.05, 0.1) is 24.4 Å². The number of aromatic amines is 1. The lowest BCUT2D eigenvalue weighted by atomic mass is 10.1. The van der Waals surface area contributed by atoms with Gasteiger partial charge in [-0.15, -0.1) is 0 Å². The van der Waals surface area contributed by atoms with Gasteiger partial charge in [-0.1, -0.05) is 12.1 Å². The van der Waals surface area contributed by atoms with Crippen molar-refractivity contribution in [1.82, 2.24) is 4.98 Å². The van der Waals surface area contributed by atoms with E-state index in [-0.39, 0.29) is 0 Å². The summed E-state index contributed by atoms with van der Waals surface area (Å²) in [6, 6.07) is 6.49. The summed E-state index contributed by atoms with van der Waals surface area (Å²) in [5.74, 6) is 0. The van der Waals surface area contributed by atoms with E-state index < -0.39 is 0 Å². The highest BCUT2D eigenvalue weighted by molar-refractivity contribution is 5.93. The highest BCUT2D eigenvalue weighted by Crippen LogP contribution is 2.30. The van der Waals surface area contributed by atoms with Crippen molar-refractivity contribution in [3.63, 3.8) is 0 Å². The number of nitrogens with two attached hydrogens (primary N) is 1. The van der Waals surface area contributed by atoms with Gasteiger partial charge in [-0.25, -0.2) is 0 Å². The Kier molecular flexibility index (Phi) is 3.21. The standard InChI is InChI=1S/C14H19N3O/c15-5-3-12-2-1-11-4-6-16-13(11)14(12)17-7-9-18-10-8-17/h1-2,4,6,16H,3,5,7-10,15H2. The third kappa shape index (κ3) is 1.98. The summed E-state index contributed by atoms with van der Waals surface area (Å²) in [5, 5.41) is 1.26. The van der Waals surface area contributed by atoms with Crippen molar-refractivity contribution in [2.45, 2.75) is 6.42 Å². The number of benzene rings is 1. The third-order valence-electron chi connectivity index (χ3n) is 3.53. The van der Waals surface area contributed by atoms with Crippen molar-refractivity contribution in [2.75, 3.05) is 37.7 Å². The lowest BCUT2D eigenvalue weighted by Crippen LogP contribution is -2.37. The van der Waals surface area contributed by atoms with E-state index in [0.717, 1.165) is 32.7 Å². The van der Waals surface area contributed by atoms with Crippen molar-refractivity contribution in [2.24, 2.45) is 5.73 Å². The second-order valence-electron chi connectivity index (χ2n) is 4.65. The Hall–Kier alpha value is -1.52. The Bertz CT molecular complexity index is 529. The molecular weight excluding hydrogens is 226 g/mol. The van der Waals surface area contributed by atoms with Gasteiger partial charge in [0, 0.05) is 24.7 Å². The summed E-state index contributed by atoms with van der Waals surface area (Å²) in [7, 11) is 0. The Labute approximate surface area is 107 Å². The van der Waals surface area contributed by atoms with Gasteiger partial charge in [0.15, 0.2) is 0 Å². The summed E-state index contributed by atoms with van der Waals surface area (Å²) < 4.78 is 5.44. The molecule has 0 atom stereocenters. The van der Waals surface area contributed by atoms with Gasteiger partial charge in [-0.2, -0.15) is 0 Å². The molecule has 0 saturated carbocycles. The van der Waals surface area contributed by atoms with Crippen LogP contribution in [0.5, 0.6) is 0 Å². The van der Waals surface area contributed by atoms with Crippen molar-refractivity contribution < 1.29 is 4.74 Å². The SMILES string of the molecule is NCCc1ccc2cc[nH]c2c1N1CCOCC1. The average molecular weight is 245 g/mol. The van der Waals surface area contributed by atoms with Crippen LogP contribution in [0, 0.1) is 0 Å². The predicted octanol–water partition coefficient (Wildman–Crippen LogP) is 1.51. The minimum Gasteiger partial charge on any atom is -0.378 e. The number of aromatic nitrogens is 1. The number of fused-ring (bicyclic) bond motifs is 1. The number of morpholine rings is 1. The van der Waals surface area contributed by atoms with E-state index >= 15 is 0 Å². The number of nitrogens with one attached hydrogen (secondary N) is 1. The largest absolute Gasteiger partial charge is 0.378 e. The Morgan fingerprint density at radius 2 is 2.06 bits per heavy atom. The molecule has 1 saturated heterocycles. The number of H-pyrrole nitrogens is 1. The van der Waals surface area contributed by atoms with Crippen LogP contribution in [0.1, 0.15) is 5.56 Å². The molecule has 4 nitrogen and oxygen atoms in total. The highest BCUT2D eigenvalue weighted by Gasteiger charge is 2.17. The van der Waals surface area contributed by atoms with Gasteiger partial charge in [0.2, 0.25) is 0 Å². The fourth-order valence-electron chi connectivity index (χ4n) is 2.66. The third-order valence-corrected chi connectivity index (χ3v) is 3.53. The van der Waals surface area contributed by atoms with Gasteiger partial charge < -0.3 is 20.4 Å². The molecule has 0 spiro atoms. The molecule has 0 radical (unpaired) electrons. The number of rotatable bonds is 3. The molecule has 1 aromatic carbocycles. The number of ether oxygens (including phenoxy) is 1. The topological polar surface area (TPSA) is 54.3 Å². The average Bonchev–Trinajstić information content (AvgIpc) is 2.88. The van der Waals surface area contributed by atoms with E-state index in [0.29, 0.717) is 6.54 Å². The van der Waals surface area contributed by atoms with Crippen molar-refractivity contribution in [3.05, 3.63) is 30.0 Å². The van der Waals surface area contributed by atoms with Gasteiger partial charge >= 0.3 is 0 Å². The number of anilines is 1. The second kappa shape index (κ2) is 5.00. The van der Waals surface area contributed by atoms with Gasteiger partial charge in [0.1, 0.15) is 0 Å². The monoisotopic (exact) mass is 245 g/mol. The summed E-state index contributed by atoms with van der Waals surface area (Å²) >= 11 is 0. The molecule has 0 aliphatic carbocycles. The van der Waals surface area contributed by atoms with Crippen LogP contribution in [0.3, 0.4) is 0 Å². The molecule has 0 unspecified atom stereocenters. The first-order valence-corrected chi connectivity index (χ1v) is 6.52. The van der Waals surface area contributed by atoms with Crippen LogP contribution in [-0.4, -0.2) is 37.8 Å². The summed E-state index contributed by atoms with van der Waals surface area (Å²) in [6.45, 7) is 4.20. The number of hydrogen-bond donors (Lipinski definition) is 2. The van der Waals surface area contributed by atoms with Crippen LogP contribution < -0.4 is 10.6 Å². The maximum atomic E-state index is 5.72. The zero-order valence-corrected chi connectivity index (χ0v) is 10.5. The fraction of sp³-hybridized carbons (Fsp3) is 0.429. The molecule has 1 aliphatic rings. The van der Waals surface area contributed by atoms with Crippen LogP contribution >= 0.6 is 0 Å². The Morgan fingerprint density at radius 1 is 1.22 bits per heavy atom. The van der Waals surface area contributed by atoms with E-state index in [1.54, 1.807) is 0 Å². The maximum absolute atomic E-state index is 5.72. The molecule has 0 amide bonds. The molecule has 3 rings (SSSR count). The van der Waals surface area contributed by atoms with E-state index in [2.05, 4.69) is 28.1 Å². The summed E-state index contributed by atoms with van der Waals surface area (Å²) in [6.07, 6.45) is 2.92. The van der Waals surface area contributed by atoms with E-state index in [9.17, 15) is 0 Å². The van der Waals surface area contributed by atoms with Crippen LogP contribution in [0.4, 0.5) is 5.69 Å². The molecule has 96 valence electrons. The first-order valence-electron chi connectivity index (χ1n) is 6.52. The molecule has 18 heavy (non-hydrogen) atoms. The minimum atomic E-state index is 0.684. The minimum absolute atomic E-state index is 0.684. The Balaban J connectivity index is 2.09. The lowest BCUT2D eigenvalue weighted by molar-refractivity contribution is 0.122. The molecule has 2 heterocycles. The molecule has 0 bridgehead atoms. The highest BCUT2D eigenvalue weighted by atomic mass is 16.5. The van der Waals surface area contributed by atoms with Gasteiger partial charge in [0.25, 0.3) is 0 Å². The number of nitrogens with zero attached hydrogens (tertiary/aromatic N) is 1. The molecule has 1 fully saturated rings. The van der Waals surface area contributed by atoms with Crippen LogP contribution in [0.2, 0.25) is 0 Å². The van der Waals surface area contributed by atoms with E-state index in [1.807, 2.05) is 6.20 Å². The van der Waals surface area contributed by atoms with Crippen molar-refractivity contribution >= 4 is 16.6 Å². The number of hydrogen-bond acceptors (Lipinski definition) is 3. The molecule has 3 N–H and O–H groups in total. The smallest absolute Gasteiger partial charge is 0.0694 e. The molecule has 1 aromatic heterocycles. The van der Waals surface area contributed by atoms with E-state index in [4.69, 9.17) is 10.5 Å². The molecule has 1 aliphatic heterocycles. The zero-order valence-electron chi connectivity index (χ0n) is 10.5. The second-order valence-corrected chi connectivity index (χ2v) is 4.65. The van der Waals surface area contributed by atoms with Crippen LogP contribution in [0.25, 0.3) is 10.9 Å². The molecule has 2 aromatic rings. The molecular formula is C14H19N3O. The zero-order chi connectivity index (χ0) is 12.4. The first-order chi connectivity index (χ1) is 8.90. The van der Waals surface area contributed by atoms with Crippen LogP contribution in [-0.2, 0) is 11.2 Å². The normalized spacial score (nSPS) is 16.4. The predicted molar refractivity (Wildman–Crippen MR) is 74.1 cm³/mol. The van der Waals surface area contributed by atoms with Crippen molar-refractivity contribution in [3.8, 4) is 0 Å². The first kappa shape index (κ1) is 11.6. The summed E-state index contributed by atoms with van der Waals surface area (Å²) in [5.41, 5.74) is 9.59. The van der Waals surface area contributed by atoms with E-state index in [1.165, 1.54) is 22.2 Å². The maximum Gasteiger partial charge on any atom is 0.0694 e. The lowest BCUT2D eigenvalue weighted by Gasteiger charge is -2.31. The fourth-order valence-corrected chi connectivity index (χ4v) is 2.66. The van der Waals surface area contributed by atoms with Gasteiger partial charge in [-0.3, -0.25) is 0 Å². The van der Waals surface area contributed by atoms with Crippen molar-refractivity contribution in [1.29, 1.82) is 0 Å². The molecule has 4 heteroatoms. The van der Waals surface area contributed by atoms with Gasteiger partial charge in [-0.05, 0) is 24.6 Å². The quantitative estimate of drug-likeness (QED) is 0.861. The Morgan fingerprint density at radius 3 is 2.83 bits per heavy atom. The van der Waals surface area contributed by atoms with Crippen LogP contribution in [0.15, 0.2) is 24.4 Å².